The Morgan fingerprint density at radius 2 is 1.96 bits per heavy atom. The van der Waals surface area contributed by atoms with Crippen LogP contribution in [0.5, 0.6) is 5.75 Å². The van der Waals surface area contributed by atoms with Crippen molar-refractivity contribution >= 4 is 40.5 Å². The third-order valence-electron chi connectivity index (χ3n) is 4.26. The smallest absolute Gasteiger partial charge is 0.242 e. The lowest BCUT2D eigenvalue weighted by Gasteiger charge is -2.24. The van der Waals surface area contributed by atoms with Gasteiger partial charge in [0.15, 0.2) is 6.04 Å². The van der Waals surface area contributed by atoms with E-state index in [4.69, 9.17) is 44.4 Å². The van der Waals surface area contributed by atoms with E-state index in [1.807, 2.05) is 35.4 Å². The molecule has 0 saturated carbocycles. The Balaban J connectivity index is 1.64. The predicted octanol–water partition coefficient (Wildman–Crippen LogP) is 4.82. The summed E-state index contributed by atoms with van der Waals surface area (Å²) in [5.74, 6) is 0.682. The Bertz CT molecular complexity index is 990. The third kappa shape index (κ3) is 3.90. The van der Waals surface area contributed by atoms with Crippen LogP contribution >= 0.6 is 34.8 Å². The largest absolute Gasteiger partial charge is 0.488 e. The molecule has 0 radical (unpaired) electrons. The fourth-order valence-electron chi connectivity index (χ4n) is 2.90. The first-order chi connectivity index (χ1) is 13.1. The third-order valence-corrected chi connectivity index (χ3v) is 5.08. The highest BCUT2D eigenvalue weighted by Gasteiger charge is 2.32. The maximum Gasteiger partial charge on any atom is 0.242 e. The molecule has 3 aromatic rings. The highest BCUT2D eigenvalue weighted by atomic mass is 35.5. The van der Waals surface area contributed by atoms with E-state index in [0.29, 0.717) is 27.4 Å². The summed E-state index contributed by atoms with van der Waals surface area (Å²) in [6, 6.07) is 10.6. The Morgan fingerprint density at radius 1 is 1.15 bits per heavy atom. The zero-order valence-corrected chi connectivity index (χ0v) is 16.3. The SMILES string of the molecule is Clc1ccc(CO/N=C2/c3ccc(Cl)cc3OCC2[n+]2cc[nH]c2)c(Cl)c1. The second kappa shape index (κ2) is 7.80. The van der Waals surface area contributed by atoms with Gasteiger partial charge in [-0.25, -0.2) is 4.57 Å². The summed E-state index contributed by atoms with van der Waals surface area (Å²) in [5, 5.41) is 6.14. The van der Waals surface area contributed by atoms with Gasteiger partial charge in [-0.05, 0) is 30.3 Å². The van der Waals surface area contributed by atoms with Gasteiger partial charge in [0.1, 0.15) is 37.1 Å². The Kier molecular flexibility index (Phi) is 5.25. The summed E-state index contributed by atoms with van der Waals surface area (Å²) in [5.41, 5.74) is 2.40. The van der Waals surface area contributed by atoms with Crippen molar-refractivity contribution in [3.05, 3.63) is 81.3 Å². The lowest BCUT2D eigenvalue weighted by molar-refractivity contribution is -0.706. The highest BCUT2D eigenvalue weighted by Crippen LogP contribution is 2.31. The fraction of sp³-hybridized carbons (Fsp3) is 0.158. The standard InChI is InChI=1S/C19H14Cl3N3O2/c20-13-2-1-12(16(22)7-13)9-27-24-19-15-4-3-14(21)8-18(15)26-10-17(19)25-6-5-23-11-25/h1-8,11,17H,9-10H2/p+1/b24-19-. The average molecular weight is 424 g/mol. The molecule has 1 aliphatic heterocycles. The first kappa shape index (κ1) is 18.2. The van der Waals surface area contributed by atoms with E-state index < -0.39 is 0 Å². The topological polar surface area (TPSA) is 50.5 Å². The second-order valence-electron chi connectivity index (χ2n) is 6.01. The van der Waals surface area contributed by atoms with E-state index >= 15 is 0 Å². The van der Waals surface area contributed by atoms with Crippen molar-refractivity contribution in [2.45, 2.75) is 12.6 Å². The summed E-state index contributed by atoms with van der Waals surface area (Å²) in [6.07, 6.45) is 5.60. The number of H-pyrrole nitrogens is 1. The molecule has 1 aliphatic rings. The Morgan fingerprint density at radius 3 is 2.74 bits per heavy atom. The van der Waals surface area contributed by atoms with E-state index in [1.54, 1.807) is 24.3 Å². The van der Waals surface area contributed by atoms with Crippen LogP contribution in [0.3, 0.4) is 0 Å². The molecule has 0 spiro atoms. The Labute approximate surface area is 171 Å². The second-order valence-corrected chi connectivity index (χ2v) is 7.29. The number of imidazole rings is 1. The number of aromatic amines is 1. The normalized spacial score (nSPS) is 17.4. The summed E-state index contributed by atoms with van der Waals surface area (Å²) in [4.78, 5) is 8.68. The number of hydrogen-bond donors (Lipinski definition) is 1. The fourth-order valence-corrected chi connectivity index (χ4v) is 3.52. The van der Waals surface area contributed by atoms with Gasteiger partial charge >= 0.3 is 0 Å². The molecule has 5 nitrogen and oxygen atoms in total. The van der Waals surface area contributed by atoms with Crippen molar-refractivity contribution in [3.8, 4) is 5.75 Å². The minimum absolute atomic E-state index is 0.134. The molecule has 0 aliphatic carbocycles. The number of halogens is 3. The molecule has 0 amide bonds. The molecular formula is C19H15Cl3N3O2+. The van der Waals surface area contributed by atoms with Crippen molar-refractivity contribution in [2.24, 2.45) is 5.16 Å². The van der Waals surface area contributed by atoms with Gasteiger partial charge in [0.25, 0.3) is 0 Å². The zero-order chi connectivity index (χ0) is 18.8. The van der Waals surface area contributed by atoms with Crippen LogP contribution in [0.2, 0.25) is 15.1 Å². The van der Waals surface area contributed by atoms with E-state index in [1.165, 1.54) is 0 Å². The number of nitrogens with zero attached hydrogens (tertiary/aromatic N) is 2. The molecular weight excluding hydrogens is 409 g/mol. The van der Waals surface area contributed by atoms with Crippen LogP contribution in [0.15, 0.2) is 60.3 Å². The first-order valence-electron chi connectivity index (χ1n) is 8.22. The molecule has 1 N–H and O–H groups in total. The molecule has 8 heteroatoms. The van der Waals surface area contributed by atoms with Crippen molar-refractivity contribution in [3.63, 3.8) is 0 Å². The van der Waals surface area contributed by atoms with Crippen molar-refractivity contribution < 1.29 is 14.1 Å². The lowest BCUT2D eigenvalue weighted by Crippen LogP contribution is -2.48. The number of hydrogen-bond acceptors (Lipinski definition) is 3. The van der Waals surface area contributed by atoms with E-state index in [-0.39, 0.29) is 12.6 Å². The number of fused-ring (bicyclic) bond motifs is 1. The van der Waals surface area contributed by atoms with Crippen LogP contribution in [0.1, 0.15) is 17.2 Å². The van der Waals surface area contributed by atoms with E-state index in [2.05, 4.69) is 10.1 Å². The van der Waals surface area contributed by atoms with Crippen molar-refractivity contribution in [1.82, 2.24) is 4.98 Å². The number of ether oxygens (including phenoxy) is 1. The summed E-state index contributed by atoms with van der Waals surface area (Å²) in [6.45, 7) is 0.646. The van der Waals surface area contributed by atoms with Gasteiger partial charge in [0, 0.05) is 26.2 Å². The first-order valence-corrected chi connectivity index (χ1v) is 9.35. The molecule has 1 unspecified atom stereocenters. The van der Waals surface area contributed by atoms with Gasteiger partial charge in [0.2, 0.25) is 6.33 Å². The molecule has 138 valence electrons. The van der Waals surface area contributed by atoms with Crippen LogP contribution in [-0.2, 0) is 11.4 Å². The van der Waals surface area contributed by atoms with Gasteiger partial charge in [-0.3, -0.25) is 4.98 Å². The quantitative estimate of drug-likeness (QED) is 0.483. The van der Waals surface area contributed by atoms with Crippen LogP contribution in [0.4, 0.5) is 0 Å². The molecule has 0 fully saturated rings. The lowest BCUT2D eigenvalue weighted by atomic mass is 10.00. The maximum absolute atomic E-state index is 6.20. The van der Waals surface area contributed by atoms with E-state index in [0.717, 1.165) is 16.8 Å². The van der Waals surface area contributed by atoms with Gasteiger partial charge in [-0.15, -0.1) is 0 Å². The highest BCUT2D eigenvalue weighted by molar-refractivity contribution is 6.35. The monoisotopic (exact) mass is 422 g/mol. The summed E-state index contributed by atoms with van der Waals surface area (Å²) >= 11 is 18.2. The van der Waals surface area contributed by atoms with Crippen LogP contribution in [0, 0.1) is 0 Å². The summed E-state index contributed by atoms with van der Waals surface area (Å²) in [7, 11) is 0. The van der Waals surface area contributed by atoms with E-state index in [9.17, 15) is 0 Å². The van der Waals surface area contributed by atoms with Crippen LogP contribution < -0.4 is 9.30 Å². The van der Waals surface area contributed by atoms with Gasteiger partial charge in [-0.2, -0.15) is 0 Å². The zero-order valence-electron chi connectivity index (χ0n) is 14.0. The van der Waals surface area contributed by atoms with Gasteiger partial charge in [-0.1, -0.05) is 46.0 Å². The molecule has 2 aromatic carbocycles. The Hall–Kier alpha value is -2.21. The number of rotatable bonds is 4. The predicted molar refractivity (Wildman–Crippen MR) is 105 cm³/mol. The molecule has 4 rings (SSSR count). The number of oxime groups is 1. The number of aromatic nitrogens is 2. The minimum atomic E-state index is -0.134. The van der Waals surface area contributed by atoms with Crippen LogP contribution in [-0.4, -0.2) is 17.3 Å². The molecule has 1 atom stereocenters. The molecule has 2 heterocycles. The van der Waals surface area contributed by atoms with Crippen molar-refractivity contribution in [2.75, 3.05) is 6.61 Å². The number of nitrogens with one attached hydrogen (secondary N) is 1. The molecule has 1 aromatic heterocycles. The maximum atomic E-state index is 6.20. The molecule has 0 saturated heterocycles. The minimum Gasteiger partial charge on any atom is -0.488 e. The van der Waals surface area contributed by atoms with Crippen LogP contribution in [0.25, 0.3) is 0 Å². The molecule has 27 heavy (non-hydrogen) atoms. The van der Waals surface area contributed by atoms with Gasteiger partial charge < -0.3 is 9.57 Å². The summed E-state index contributed by atoms with van der Waals surface area (Å²) < 4.78 is 7.86. The van der Waals surface area contributed by atoms with Gasteiger partial charge in [0.05, 0.1) is 0 Å². The molecule has 0 bridgehead atoms. The number of benzene rings is 2. The average Bonchev–Trinajstić information content (AvgIpc) is 3.17. The van der Waals surface area contributed by atoms with Crippen molar-refractivity contribution in [1.29, 1.82) is 0 Å².